The molecule has 92 valence electrons. The van der Waals surface area contributed by atoms with Gasteiger partial charge >= 0.3 is 6.03 Å². The number of hydrogen-bond donors (Lipinski definition) is 3. The van der Waals surface area contributed by atoms with E-state index in [4.69, 9.17) is 5.73 Å². The molecule has 0 bridgehead atoms. The summed E-state index contributed by atoms with van der Waals surface area (Å²) in [4.78, 5) is 24.0. The zero-order valence-electron chi connectivity index (χ0n) is 9.66. The minimum atomic E-state index is -0.549. The monoisotopic (exact) mass is 228 g/mol. The molecule has 1 rings (SSSR count). The van der Waals surface area contributed by atoms with Gasteiger partial charge in [0.1, 0.15) is 0 Å². The standard InChI is InChI=1S/C10H20N4O2/c1-2-4-12-8-3-6-14(9(8)15)7-5-13-10(11)16/h8,12H,2-7H2,1H3,(H3,11,13,16). The van der Waals surface area contributed by atoms with Gasteiger partial charge < -0.3 is 21.3 Å². The van der Waals surface area contributed by atoms with Crippen molar-refractivity contribution >= 4 is 11.9 Å². The lowest BCUT2D eigenvalue weighted by Gasteiger charge is -2.16. The van der Waals surface area contributed by atoms with Gasteiger partial charge in [-0.05, 0) is 19.4 Å². The largest absolute Gasteiger partial charge is 0.352 e. The van der Waals surface area contributed by atoms with Crippen LogP contribution in [0.25, 0.3) is 0 Å². The third-order valence-corrected chi connectivity index (χ3v) is 2.62. The van der Waals surface area contributed by atoms with Gasteiger partial charge in [-0.3, -0.25) is 4.79 Å². The second-order valence-corrected chi connectivity index (χ2v) is 3.91. The first-order valence-corrected chi connectivity index (χ1v) is 5.70. The Kier molecular flexibility index (Phi) is 5.04. The molecule has 0 aromatic rings. The lowest BCUT2D eigenvalue weighted by Crippen LogP contribution is -2.42. The fraction of sp³-hybridized carbons (Fsp3) is 0.800. The summed E-state index contributed by atoms with van der Waals surface area (Å²) in [7, 11) is 0. The summed E-state index contributed by atoms with van der Waals surface area (Å²) in [6, 6.07) is -0.596. The minimum absolute atomic E-state index is 0.0477. The van der Waals surface area contributed by atoms with Crippen molar-refractivity contribution in [1.29, 1.82) is 0 Å². The Morgan fingerprint density at radius 3 is 2.94 bits per heavy atom. The van der Waals surface area contributed by atoms with Crippen molar-refractivity contribution < 1.29 is 9.59 Å². The highest BCUT2D eigenvalue weighted by Crippen LogP contribution is 2.10. The van der Waals surface area contributed by atoms with Gasteiger partial charge in [-0.1, -0.05) is 6.92 Å². The zero-order chi connectivity index (χ0) is 12.0. The molecule has 4 N–H and O–H groups in total. The summed E-state index contributed by atoms with van der Waals surface area (Å²) in [6.07, 6.45) is 1.86. The quantitative estimate of drug-likeness (QED) is 0.559. The Morgan fingerprint density at radius 1 is 1.56 bits per heavy atom. The molecule has 1 unspecified atom stereocenters. The summed E-state index contributed by atoms with van der Waals surface area (Å²) in [5, 5.41) is 5.68. The lowest BCUT2D eigenvalue weighted by atomic mass is 10.2. The van der Waals surface area contributed by atoms with Gasteiger partial charge in [-0.15, -0.1) is 0 Å². The third kappa shape index (κ3) is 3.69. The number of rotatable bonds is 6. The van der Waals surface area contributed by atoms with Crippen molar-refractivity contribution in [3.63, 3.8) is 0 Å². The normalized spacial score (nSPS) is 20.2. The first-order valence-electron chi connectivity index (χ1n) is 5.70. The molecular formula is C10H20N4O2. The maximum atomic E-state index is 11.8. The van der Waals surface area contributed by atoms with Gasteiger partial charge in [0.2, 0.25) is 5.91 Å². The van der Waals surface area contributed by atoms with Crippen LogP contribution in [0.15, 0.2) is 0 Å². The molecule has 0 aromatic heterocycles. The topological polar surface area (TPSA) is 87.5 Å². The van der Waals surface area contributed by atoms with E-state index in [0.29, 0.717) is 13.1 Å². The summed E-state index contributed by atoms with van der Waals surface area (Å²) in [5.74, 6) is 0.125. The highest BCUT2D eigenvalue weighted by molar-refractivity contribution is 5.84. The Bertz CT molecular complexity index is 257. The van der Waals surface area contributed by atoms with Gasteiger partial charge in [0.15, 0.2) is 0 Å². The van der Waals surface area contributed by atoms with E-state index >= 15 is 0 Å². The van der Waals surface area contributed by atoms with Crippen LogP contribution in [0.5, 0.6) is 0 Å². The molecule has 1 heterocycles. The molecule has 1 saturated heterocycles. The first kappa shape index (κ1) is 12.8. The summed E-state index contributed by atoms with van der Waals surface area (Å²) >= 11 is 0. The average Bonchev–Trinajstić information content (AvgIpc) is 2.57. The van der Waals surface area contributed by atoms with Gasteiger partial charge in [0.05, 0.1) is 6.04 Å². The van der Waals surface area contributed by atoms with Crippen LogP contribution in [0.3, 0.4) is 0 Å². The third-order valence-electron chi connectivity index (χ3n) is 2.62. The molecule has 0 radical (unpaired) electrons. The Labute approximate surface area is 95.5 Å². The SMILES string of the molecule is CCCNC1CCN(CCNC(N)=O)C1=O. The molecule has 6 nitrogen and oxygen atoms in total. The van der Waals surface area contributed by atoms with Crippen LogP contribution in [0, 0.1) is 0 Å². The molecule has 0 aromatic carbocycles. The van der Waals surface area contributed by atoms with E-state index in [1.807, 2.05) is 0 Å². The van der Waals surface area contributed by atoms with Crippen LogP contribution in [-0.2, 0) is 4.79 Å². The fourth-order valence-electron chi connectivity index (χ4n) is 1.78. The number of hydrogen-bond acceptors (Lipinski definition) is 3. The van der Waals surface area contributed by atoms with Gasteiger partial charge in [0, 0.05) is 19.6 Å². The molecule has 0 saturated carbocycles. The lowest BCUT2D eigenvalue weighted by molar-refractivity contribution is -0.129. The number of urea groups is 1. The van der Waals surface area contributed by atoms with Crippen LogP contribution in [0.2, 0.25) is 0 Å². The van der Waals surface area contributed by atoms with Crippen LogP contribution in [0.4, 0.5) is 4.79 Å². The smallest absolute Gasteiger partial charge is 0.312 e. The Morgan fingerprint density at radius 2 is 2.31 bits per heavy atom. The Balaban J connectivity index is 2.25. The average molecular weight is 228 g/mol. The van der Waals surface area contributed by atoms with E-state index in [1.165, 1.54) is 0 Å². The summed E-state index contributed by atoms with van der Waals surface area (Å²) in [6.45, 7) is 4.64. The zero-order valence-corrected chi connectivity index (χ0v) is 9.66. The van der Waals surface area contributed by atoms with E-state index in [2.05, 4.69) is 17.6 Å². The maximum Gasteiger partial charge on any atom is 0.312 e. The number of primary amides is 1. The van der Waals surface area contributed by atoms with E-state index in [-0.39, 0.29) is 11.9 Å². The van der Waals surface area contributed by atoms with E-state index < -0.39 is 6.03 Å². The van der Waals surface area contributed by atoms with E-state index in [1.54, 1.807) is 4.90 Å². The van der Waals surface area contributed by atoms with Gasteiger partial charge in [-0.2, -0.15) is 0 Å². The number of nitrogens with one attached hydrogen (secondary N) is 2. The predicted molar refractivity (Wildman–Crippen MR) is 60.9 cm³/mol. The van der Waals surface area contributed by atoms with Crippen molar-refractivity contribution in [3.05, 3.63) is 0 Å². The predicted octanol–water partition coefficient (Wildman–Crippen LogP) is -0.745. The van der Waals surface area contributed by atoms with E-state index in [0.717, 1.165) is 25.9 Å². The van der Waals surface area contributed by atoms with Crippen molar-refractivity contribution in [2.24, 2.45) is 5.73 Å². The molecule has 0 aliphatic carbocycles. The molecule has 1 atom stereocenters. The number of carbonyl (C=O) groups excluding carboxylic acids is 2. The molecule has 0 spiro atoms. The van der Waals surface area contributed by atoms with Gasteiger partial charge in [-0.25, -0.2) is 4.79 Å². The number of nitrogens with two attached hydrogens (primary N) is 1. The molecule has 16 heavy (non-hydrogen) atoms. The van der Waals surface area contributed by atoms with Crippen LogP contribution in [-0.4, -0.2) is 49.1 Å². The first-order chi connectivity index (χ1) is 7.65. The van der Waals surface area contributed by atoms with Crippen molar-refractivity contribution in [1.82, 2.24) is 15.5 Å². The van der Waals surface area contributed by atoms with Crippen molar-refractivity contribution in [2.45, 2.75) is 25.8 Å². The second kappa shape index (κ2) is 6.32. The molecular weight excluding hydrogens is 208 g/mol. The molecule has 1 aliphatic heterocycles. The van der Waals surface area contributed by atoms with Crippen LogP contribution < -0.4 is 16.4 Å². The van der Waals surface area contributed by atoms with Crippen molar-refractivity contribution in [2.75, 3.05) is 26.2 Å². The molecule has 6 heteroatoms. The second-order valence-electron chi connectivity index (χ2n) is 3.91. The highest BCUT2D eigenvalue weighted by Gasteiger charge is 2.30. The van der Waals surface area contributed by atoms with Gasteiger partial charge in [0.25, 0.3) is 0 Å². The van der Waals surface area contributed by atoms with Crippen LogP contribution >= 0.6 is 0 Å². The number of amides is 3. The fourth-order valence-corrected chi connectivity index (χ4v) is 1.78. The Hall–Kier alpha value is -1.30. The number of likely N-dealkylation sites (tertiary alicyclic amines) is 1. The summed E-state index contributed by atoms with van der Waals surface area (Å²) < 4.78 is 0. The highest BCUT2D eigenvalue weighted by atomic mass is 16.2. The van der Waals surface area contributed by atoms with E-state index in [9.17, 15) is 9.59 Å². The number of carbonyl (C=O) groups is 2. The maximum absolute atomic E-state index is 11.8. The molecule has 3 amide bonds. The molecule has 1 fully saturated rings. The van der Waals surface area contributed by atoms with Crippen LogP contribution in [0.1, 0.15) is 19.8 Å². The molecule has 1 aliphatic rings. The van der Waals surface area contributed by atoms with Crippen molar-refractivity contribution in [3.8, 4) is 0 Å². The number of nitrogens with zero attached hydrogens (tertiary/aromatic N) is 1. The summed E-state index contributed by atoms with van der Waals surface area (Å²) in [5.41, 5.74) is 4.94. The minimum Gasteiger partial charge on any atom is -0.352 e.